The van der Waals surface area contributed by atoms with E-state index in [1.54, 1.807) is 0 Å². The first-order valence-corrected chi connectivity index (χ1v) is 7.69. The first kappa shape index (κ1) is 16.7. The number of hydrogen-bond donors (Lipinski definition) is 1. The Balaban J connectivity index is 2.22. The van der Waals surface area contributed by atoms with E-state index in [0.717, 1.165) is 22.4 Å². The predicted molar refractivity (Wildman–Crippen MR) is 93.8 cm³/mol. The standard InChI is InChI=1S/C19H22N2O2/c1-5-21(16-11-6-8-13(2)12-16)19(23)18(22)20-17-14(3)9-7-10-15(17)4/h6-12H,5H2,1-4H3,(H,20,22). The molecule has 0 aliphatic heterocycles. The maximum atomic E-state index is 12.5. The summed E-state index contributed by atoms with van der Waals surface area (Å²) >= 11 is 0. The van der Waals surface area contributed by atoms with Crippen LogP contribution in [0.4, 0.5) is 11.4 Å². The van der Waals surface area contributed by atoms with Crippen molar-refractivity contribution < 1.29 is 9.59 Å². The fourth-order valence-electron chi connectivity index (χ4n) is 2.54. The van der Waals surface area contributed by atoms with Crippen molar-refractivity contribution in [2.24, 2.45) is 0 Å². The van der Waals surface area contributed by atoms with Crippen LogP contribution in [0.5, 0.6) is 0 Å². The van der Waals surface area contributed by atoms with Crippen molar-refractivity contribution in [1.82, 2.24) is 0 Å². The van der Waals surface area contributed by atoms with Crippen LogP contribution >= 0.6 is 0 Å². The monoisotopic (exact) mass is 310 g/mol. The minimum absolute atomic E-state index is 0.433. The average Bonchev–Trinajstić information content (AvgIpc) is 2.51. The highest BCUT2D eigenvalue weighted by atomic mass is 16.2. The van der Waals surface area contributed by atoms with Gasteiger partial charge in [-0.25, -0.2) is 0 Å². The molecule has 0 radical (unpaired) electrons. The third-order valence-electron chi connectivity index (χ3n) is 3.79. The molecule has 0 saturated carbocycles. The molecule has 1 N–H and O–H groups in total. The summed E-state index contributed by atoms with van der Waals surface area (Å²) in [5.74, 6) is -1.17. The number of amides is 2. The summed E-state index contributed by atoms with van der Waals surface area (Å²) in [6, 6.07) is 13.3. The van der Waals surface area contributed by atoms with Gasteiger partial charge in [-0.15, -0.1) is 0 Å². The van der Waals surface area contributed by atoms with Gasteiger partial charge in [0.15, 0.2) is 0 Å². The molecule has 4 nitrogen and oxygen atoms in total. The number of benzene rings is 2. The molecule has 0 atom stereocenters. The van der Waals surface area contributed by atoms with E-state index >= 15 is 0 Å². The third kappa shape index (κ3) is 3.77. The molecule has 0 aliphatic rings. The molecule has 23 heavy (non-hydrogen) atoms. The number of aryl methyl sites for hydroxylation is 3. The van der Waals surface area contributed by atoms with Crippen molar-refractivity contribution in [3.63, 3.8) is 0 Å². The Morgan fingerprint density at radius 3 is 2.17 bits per heavy atom. The van der Waals surface area contributed by atoms with Gasteiger partial charge in [0.25, 0.3) is 0 Å². The molecule has 0 saturated heterocycles. The highest BCUT2D eigenvalue weighted by molar-refractivity contribution is 6.44. The molecule has 2 rings (SSSR count). The lowest BCUT2D eigenvalue weighted by Gasteiger charge is -2.21. The summed E-state index contributed by atoms with van der Waals surface area (Å²) in [5.41, 5.74) is 4.35. The Kier molecular flexibility index (Phi) is 5.16. The van der Waals surface area contributed by atoms with Crippen LogP contribution in [-0.4, -0.2) is 18.4 Å². The van der Waals surface area contributed by atoms with Crippen molar-refractivity contribution >= 4 is 23.2 Å². The molecule has 0 bridgehead atoms. The van der Waals surface area contributed by atoms with Gasteiger partial charge < -0.3 is 10.2 Å². The number of para-hydroxylation sites is 1. The zero-order valence-electron chi connectivity index (χ0n) is 14.0. The number of anilines is 2. The fraction of sp³-hybridized carbons (Fsp3) is 0.263. The van der Waals surface area contributed by atoms with Crippen molar-refractivity contribution in [2.45, 2.75) is 27.7 Å². The van der Waals surface area contributed by atoms with Gasteiger partial charge in [-0.1, -0.05) is 30.3 Å². The maximum absolute atomic E-state index is 12.5. The lowest BCUT2D eigenvalue weighted by Crippen LogP contribution is -2.40. The molecular formula is C19H22N2O2. The fourth-order valence-corrected chi connectivity index (χ4v) is 2.54. The number of hydrogen-bond acceptors (Lipinski definition) is 2. The van der Waals surface area contributed by atoms with E-state index in [2.05, 4.69) is 5.32 Å². The second kappa shape index (κ2) is 7.09. The molecule has 2 aromatic rings. The number of carbonyl (C=O) groups excluding carboxylic acids is 2. The van der Waals surface area contributed by atoms with E-state index in [-0.39, 0.29) is 0 Å². The lowest BCUT2D eigenvalue weighted by atomic mass is 10.1. The first-order valence-electron chi connectivity index (χ1n) is 7.69. The average molecular weight is 310 g/mol. The van der Waals surface area contributed by atoms with Gasteiger partial charge in [0.1, 0.15) is 0 Å². The highest BCUT2D eigenvalue weighted by Gasteiger charge is 2.23. The molecule has 0 heterocycles. The maximum Gasteiger partial charge on any atom is 0.316 e. The van der Waals surface area contributed by atoms with Crippen molar-refractivity contribution in [1.29, 1.82) is 0 Å². The van der Waals surface area contributed by atoms with Gasteiger partial charge in [0, 0.05) is 17.9 Å². The summed E-state index contributed by atoms with van der Waals surface area (Å²) in [6.45, 7) is 8.06. The van der Waals surface area contributed by atoms with Gasteiger partial charge >= 0.3 is 11.8 Å². The molecule has 4 heteroatoms. The Morgan fingerprint density at radius 2 is 1.61 bits per heavy atom. The number of rotatable bonds is 3. The summed E-state index contributed by atoms with van der Waals surface area (Å²) in [6.07, 6.45) is 0. The minimum atomic E-state index is -0.620. The van der Waals surface area contributed by atoms with Crippen LogP contribution in [0.3, 0.4) is 0 Å². The van der Waals surface area contributed by atoms with Crippen LogP contribution in [0.1, 0.15) is 23.6 Å². The zero-order valence-corrected chi connectivity index (χ0v) is 14.0. The minimum Gasteiger partial charge on any atom is -0.317 e. The number of nitrogens with zero attached hydrogens (tertiary/aromatic N) is 1. The van der Waals surface area contributed by atoms with Crippen molar-refractivity contribution in [2.75, 3.05) is 16.8 Å². The van der Waals surface area contributed by atoms with E-state index in [9.17, 15) is 9.59 Å². The summed E-state index contributed by atoms with van der Waals surface area (Å²) < 4.78 is 0. The van der Waals surface area contributed by atoms with Gasteiger partial charge in [0.2, 0.25) is 0 Å². The number of carbonyl (C=O) groups is 2. The topological polar surface area (TPSA) is 49.4 Å². The molecule has 2 amide bonds. The lowest BCUT2D eigenvalue weighted by molar-refractivity contribution is -0.134. The van der Waals surface area contributed by atoms with Crippen LogP contribution in [0, 0.1) is 20.8 Å². The van der Waals surface area contributed by atoms with Crippen LogP contribution in [0.25, 0.3) is 0 Å². The van der Waals surface area contributed by atoms with Crippen LogP contribution in [0.2, 0.25) is 0 Å². The number of nitrogens with one attached hydrogen (secondary N) is 1. The summed E-state index contributed by atoms with van der Waals surface area (Å²) in [4.78, 5) is 26.4. The molecule has 0 unspecified atom stereocenters. The van der Waals surface area contributed by atoms with Crippen LogP contribution < -0.4 is 10.2 Å². The number of likely N-dealkylation sites (N-methyl/N-ethyl adjacent to an activating group) is 1. The zero-order chi connectivity index (χ0) is 17.0. The van der Waals surface area contributed by atoms with E-state index in [1.807, 2.05) is 70.2 Å². The summed E-state index contributed by atoms with van der Waals surface area (Å²) in [7, 11) is 0. The molecule has 2 aromatic carbocycles. The van der Waals surface area contributed by atoms with E-state index in [4.69, 9.17) is 0 Å². The molecule has 0 aliphatic carbocycles. The Labute approximate surface area is 137 Å². The molecule has 0 aromatic heterocycles. The van der Waals surface area contributed by atoms with E-state index in [0.29, 0.717) is 12.2 Å². The predicted octanol–water partition coefficient (Wildman–Crippen LogP) is 3.60. The molecule has 0 spiro atoms. The van der Waals surface area contributed by atoms with E-state index in [1.165, 1.54) is 4.90 Å². The van der Waals surface area contributed by atoms with Crippen LogP contribution in [0.15, 0.2) is 42.5 Å². The molecular weight excluding hydrogens is 288 g/mol. The SMILES string of the molecule is CCN(C(=O)C(=O)Nc1c(C)cccc1C)c1cccc(C)c1. The van der Waals surface area contributed by atoms with Gasteiger partial charge in [-0.2, -0.15) is 0 Å². The Bertz CT molecular complexity index is 718. The van der Waals surface area contributed by atoms with Gasteiger partial charge in [0.05, 0.1) is 0 Å². The third-order valence-corrected chi connectivity index (χ3v) is 3.79. The molecule has 120 valence electrons. The smallest absolute Gasteiger partial charge is 0.316 e. The Hall–Kier alpha value is -2.62. The second-order valence-electron chi connectivity index (χ2n) is 5.61. The highest BCUT2D eigenvalue weighted by Crippen LogP contribution is 2.20. The quantitative estimate of drug-likeness (QED) is 0.881. The molecule has 0 fully saturated rings. The van der Waals surface area contributed by atoms with Crippen molar-refractivity contribution in [3.8, 4) is 0 Å². The summed E-state index contributed by atoms with van der Waals surface area (Å²) in [5, 5.41) is 2.75. The van der Waals surface area contributed by atoms with Crippen molar-refractivity contribution in [3.05, 3.63) is 59.2 Å². The Morgan fingerprint density at radius 1 is 1.00 bits per heavy atom. The largest absolute Gasteiger partial charge is 0.317 e. The van der Waals surface area contributed by atoms with Gasteiger partial charge in [-0.3, -0.25) is 9.59 Å². The van der Waals surface area contributed by atoms with Gasteiger partial charge in [-0.05, 0) is 56.5 Å². The first-order chi connectivity index (χ1) is 10.9. The van der Waals surface area contributed by atoms with E-state index < -0.39 is 11.8 Å². The van der Waals surface area contributed by atoms with Crippen LogP contribution in [-0.2, 0) is 9.59 Å². The second-order valence-corrected chi connectivity index (χ2v) is 5.61. The normalized spacial score (nSPS) is 10.3.